The maximum atomic E-state index is 4.72. The zero-order valence-corrected chi connectivity index (χ0v) is 10.0. The molecule has 0 N–H and O–H groups in total. The molecule has 2 rings (SSSR count). The number of allylic oxidation sites excluding steroid dienone is 2. The van der Waals surface area contributed by atoms with Crippen LogP contribution in [0.1, 0.15) is 27.7 Å². The zero-order chi connectivity index (χ0) is 11.0. The number of hydrazone groups is 1. The summed E-state index contributed by atoms with van der Waals surface area (Å²) in [5.41, 5.74) is 1.35. The first kappa shape index (κ1) is 10.5. The Kier molecular flexibility index (Phi) is 2.68. The second-order valence-electron chi connectivity index (χ2n) is 5.05. The molecule has 2 heterocycles. The molecule has 2 heteroatoms. The summed E-state index contributed by atoms with van der Waals surface area (Å²) in [6.45, 7) is 9.05. The lowest BCUT2D eigenvalue weighted by molar-refractivity contribution is 0.289. The monoisotopic (exact) mass is 204 g/mol. The van der Waals surface area contributed by atoms with Gasteiger partial charge in [-0.15, -0.1) is 0 Å². The fourth-order valence-electron chi connectivity index (χ4n) is 2.50. The van der Waals surface area contributed by atoms with Crippen molar-refractivity contribution in [3.63, 3.8) is 0 Å². The molecular formula is C13H20N2. The Morgan fingerprint density at radius 3 is 2.53 bits per heavy atom. The van der Waals surface area contributed by atoms with Gasteiger partial charge in [0.05, 0.1) is 6.04 Å². The Labute approximate surface area is 92.4 Å². The minimum atomic E-state index is 0.451. The third-order valence-corrected chi connectivity index (χ3v) is 3.21. The molecule has 0 aliphatic carbocycles. The molecule has 0 radical (unpaired) electrons. The van der Waals surface area contributed by atoms with E-state index in [-0.39, 0.29) is 0 Å². The highest BCUT2D eigenvalue weighted by Crippen LogP contribution is 2.33. The third kappa shape index (κ3) is 1.73. The first-order valence-corrected chi connectivity index (χ1v) is 5.83. The highest BCUT2D eigenvalue weighted by atomic mass is 15.5. The van der Waals surface area contributed by atoms with Crippen LogP contribution in [0.2, 0.25) is 0 Å². The van der Waals surface area contributed by atoms with Crippen LogP contribution in [0.3, 0.4) is 0 Å². The zero-order valence-electron chi connectivity index (χ0n) is 10.0. The number of rotatable bonds is 2. The van der Waals surface area contributed by atoms with Crippen molar-refractivity contribution in [2.75, 3.05) is 0 Å². The van der Waals surface area contributed by atoms with Crippen molar-refractivity contribution >= 4 is 5.71 Å². The van der Waals surface area contributed by atoms with E-state index >= 15 is 0 Å². The second-order valence-corrected chi connectivity index (χ2v) is 5.05. The standard InChI is InChI=1S/C13H20N2/c1-9(2)12-11-7-5-6-8-15(11)14-13(12)10(3)4/h5-12H,1-4H3. The minimum Gasteiger partial charge on any atom is -0.265 e. The van der Waals surface area contributed by atoms with Crippen LogP contribution in [0.15, 0.2) is 29.5 Å². The summed E-state index contributed by atoms with van der Waals surface area (Å²) in [6, 6.07) is 0.451. The molecular weight excluding hydrogens is 184 g/mol. The molecule has 0 saturated heterocycles. The van der Waals surface area contributed by atoms with Gasteiger partial charge in [0.25, 0.3) is 0 Å². The van der Waals surface area contributed by atoms with E-state index < -0.39 is 0 Å². The molecule has 2 aliphatic rings. The van der Waals surface area contributed by atoms with Crippen molar-refractivity contribution in [3.8, 4) is 0 Å². The Morgan fingerprint density at radius 2 is 1.93 bits per heavy atom. The van der Waals surface area contributed by atoms with Crippen LogP contribution in [0.5, 0.6) is 0 Å². The van der Waals surface area contributed by atoms with Gasteiger partial charge < -0.3 is 0 Å². The van der Waals surface area contributed by atoms with Crippen molar-refractivity contribution in [2.24, 2.45) is 22.9 Å². The Morgan fingerprint density at radius 1 is 1.20 bits per heavy atom. The smallest absolute Gasteiger partial charge is 0.0785 e. The van der Waals surface area contributed by atoms with Gasteiger partial charge in [0, 0.05) is 17.8 Å². The maximum absolute atomic E-state index is 4.72. The van der Waals surface area contributed by atoms with Gasteiger partial charge in [0.1, 0.15) is 0 Å². The fourth-order valence-corrected chi connectivity index (χ4v) is 2.50. The molecule has 0 spiro atoms. The normalized spacial score (nSPS) is 28.9. The number of hydrogen-bond acceptors (Lipinski definition) is 2. The summed E-state index contributed by atoms with van der Waals surface area (Å²) < 4.78 is 0. The molecule has 0 bridgehead atoms. The Balaban J connectivity index is 2.31. The van der Waals surface area contributed by atoms with E-state index in [1.807, 2.05) is 0 Å². The van der Waals surface area contributed by atoms with Crippen molar-refractivity contribution < 1.29 is 0 Å². The van der Waals surface area contributed by atoms with Crippen molar-refractivity contribution in [2.45, 2.75) is 33.7 Å². The van der Waals surface area contributed by atoms with Crippen LogP contribution in [0.4, 0.5) is 0 Å². The molecule has 0 amide bonds. The largest absolute Gasteiger partial charge is 0.265 e. The molecule has 0 aromatic rings. The Bertz CT molecular complexity index is 323. The Hall–Kier alpha value is -1.05. The van der Waals surface area contributed by atoms with E-state index in [0.29, 0.717) is 23.8 Å². The first-order chi connectivity index (χ1) is 7.11. The van der Waals surface area contributed by atoms with Crippen LogP contribution < -0.4 is 0 Å². The van der Waals surface area contributed by atoms with Gasteiger partial charge >= 0.3 is 0 Å². The molecule has 2 nitrogen and oxygen atoms in total. The lowest BCUT2D eigenvalue weighted by Crippen LogP contribution is -2.34. The van der Waals surface area contributed by atoms with Gasteiger partial charge in [-0.25, -0.2) is 0 Å². The topological polar surface area (TPSA) is 15.6 Å². The molecule has 0 aromatic carbocycles. The predicted octanol–water partition coefficient (Wildman–Crippen LogP) is 3.04. The fraction of sp³-hybridized carbons (Fsp3) is 0.615. The molecule has 0 saturated carbocycles. The van der Waals surface area contributed by atoms with Gasteiger partial charge in [-0.2, -0.15) is 5.10 Å². The third-order valence-electron chi connectivity index (χ3n) is 3.21. The van der Waals surface area contributed by atoms with Crippen molar-refractivity contribution in [1.29, 1.82) is 0 Å². The molecule has 2 atom stereocenters. The molecule has 0 fully saturated rings. The summed E-state index contributed by atoms with van der Waals surface area (Å²) in [6.07, 6.45) is 8.54. The highest BCUT2D eigenvalue weighted by molar-refractivity contribution is 5.91. The SMILES string of the molecule is CC(C)C1=NN2C=CC=CC2C1C(C)C. The summed E-state index contributed by atoms with van der Waals surface area (Å²) in [4.78, 5) is 0. The molecule has 0 aromatic heterocycles. The van der Waals surface area contributed by atoms with Crippen LogP contribution >= 0.6 is 0 Å². The van der Waals surface area contributed by atoms with Gasteiger partial charge in [0.15, 0.2) is 0 Å². The lowest BCUT2D eigenvalue weighted by atomic mass is 9.81. The van der Waals surface area contributed by atoms with Crippen LogP contribution in [-0.4, -0.2) is 16.8 Å². The predicted molar refractivity (Wildman–Crippen MR) is 64.5 cm³/mol. The molecule has 15 heavy (non-hydrogen) atoms. The number of nitrogens with zero attached hydrogens (tertiary/aromatic N) is 2. The van der Waals surface area contributed by atoms with Crippen LogP contribution in [0.25, 0.3) is 0 Å². The number of fused-ring (bicyclic) bond motifs is 1. The van der Waals surface area contributed by atoms with E-state index in [2.05, 4.69) is 57.1 Å². The lowest BCUT2D eigenvalue weighted by Gasteiger charge is -2.27. The van der Waals surface area contributed by atoms with Gasteiger partial charge in [0.2, 0.25) is 0 Å². The van der Waals surface area contributed by atoms with Gasteiger partial charge in [-0.3, -0.25) is 5.01 Å². The molecule has 2 aliphatic heterocycles. The van der Waals surface area contributed by atoms with Gasteiger partial charge in [-0.1, -0.05) is 39.8 Å². The van der Waals surface area contributed by atoms with Crippen molar-refractivity contribution in [3.05, 3.63) is 24.4 Å². The number of hydrogen-bond donors (Lipinski definition) is 0. The summed E-state index contributed by atoms with van der Waals surface area (Å²) in [7, 11) is 0. The summed E-state index contributed by atoms with van der Waals surface area (Å²) in [5.74, 6) is 1.77. The molecule has 2 unspecified atom stereocenters. The highest BCUT2D eigenvalue weighted by Gasteiger charge is 2.38. The average molecular weight is 204 g/mol. The quantitative estimate of drug-likeness (QED) is 0.675. The van der Waals surface area contributed by atoms with E-state index in [4.69, 9.17) is 5.10 Å². The first-order valence-electron chi connectivity index (χ1n) is 5.83. The van der Waals surface area contributed by atoms with E-state index in [1.54, 1.807) is 0 Å². The van der Waals surface area contributed by atoms with Crippen LogP contribution in [-0.2, 0) is 0 Å². The average Bonchev–Trinajstić information content (AvgIpc) is 2.56. The second kappa shape index (κ2) is 3.84. The van der Waals surface area contributed by atoms with E-state index in [1.165, 1.54) is 5.71 Å². The minimum absolute atomic E-state index is 0.451. The van der Waals surface area contributed by atoms with E-state index in [9.17, 15) is 0 Å². The summed E-state index contributed by atoms with van der Waals surface area (Å²) in [5, 5.41) is 6.84. The van der Waals surface area contributed by atoms with E-state index in [0.717, 1.165) is 0 Å². The van der Waals surface area contributed by atoms with Gasteiger partial charge in [-0.05, 0) is 17.9 Å². The van der Waals surface area contributed by atoms with Crippen LogP contribution in [0, 0.1) is 17.8 Å². The summed E-state index contributed by atoms with van der Waals surface area (Å²) >= 11 is 0. The van der Waals surface area contributed by atoms with Crippen molar-refractivity contribution in [1.82, 2.24) is 5.01 Å². The molecule has 82 valence electrons. The maximum Gasteiger partial charge on any atom is 0.0785 e.